The van der Waals surface area contributed by atoms with Crippen molar-refractivity contribution in [3.8, 4) is 0 Å². The van der Waals surface area contributed by atoms with E-state index < -0.39 is 0 Å². The highest BCUT2D eigenvalue weighted by Crippen LogP contribution is 2.25. The van der Waals surface area contributed by atoms with Crippen molar-refractivity contribution < 1.29 is 14.3 Å². The molecule has 0 saturated carbocycles. The Hall–Kier alpha value is -2.44. The molecule has 0 radical (unpaired) electrons. The van der Waals surface area contributed by atoms with Gasteiger partial charge in [-0.2, -0.15) is 0 Å². The number of rotatable bonds is 5. The fraction of sp³-hybridized carbons (Fsp3) is 0.478. The predicted molar refractivity (Wildman–Crippen MR) is 113 cm³/mol. The summed E-state index contributed by atoms with van der Waals surface area (Å²) >= 11 is 0. The van der Waals surface area contributed by atoms with E-state index >= 15 is 0 Å². The van der Waals surface area contributed by atoms with Gasteiger partial charge in [-0.3, -0.25) is 14.5 Å². The van der Waals surface area contributed by atoms with Crippen LogP contribution in [0.3, 0.4) is 0 Å². The van der Waals surface area contributed by atoms with E-state index in [1.807, 2.05) is 18.2 Å². The number of hydrogen-bond acceptors (Lipinski definition) is 4. The first kappa shape index (κ1) is 19.9. The van der Waals surface area contributed by atoms with Gasteiger partial charge in [0.25, 0.3) is 0 Å². The molecule has 2 aromatic carbocycles. The number of nitrogens with zero attached hydrogens (tertiary/aromatic N) is 2. The quantitative estimate of drug-likeness (QED) is 0.839. The zero-order chi connectivity index (χ0) is 20.4. The maximum Gasteiger partial charge on any atom is 0.224 e. The Kier molecular flexibility index (Phi) is 5.83. The number of hydrogen-bond donors (Lipinski definition) is 1. The molecule has 2 heterocycles. The average Bonchev–Trinajstić information content (AvgIpc) is 3.09. The molecule has 154 valence electrons. The Bertz CT molecular complexity index is 898. The van der Waals surface area contributed by atoms with Crippen LogP contribution in [0, 0.1) is 0 Å². The lowest BCUT2D eigenvalue weighted by Crippen LogP contribution is -2.47. The van der Waals surface area contributed by atoms with Gasteiger partial charge in [0, 0.05) is 39.3 Å². The first-order valence-corrected chi connectivity index (χ1v) is 10.3. The Labute approximate surface area is 171 Å². The van der Waals surface area contributed by atoms with E-state index in [0.717, 1.165) is 30.5 Å². The van der Waals surface area contributed by atoms with Crippen molar-refractivity contribution in [3.63, 3.8) is 0 Å². The Morgan fingerprint density at radius 1 is 1.14 bits per heavy atom. The molecular weight excluding hydrogens is 366 g/mol. The van der Waals surface area contributed by atoms with Crippen LogP contribution < -0.4 is 5.32 Å². The Balaban J connectivity index is 1.29. The van der Waals surface area contributed by atoms with E-state index in [1.165, 1.54) is 5.39 Å². The number of nitrogens with one attached hydrogen (secondary N) is 1. The van der Waals surface area contributed by atoms with E-state index in [9.17, 15) is 9.59 Å². The number of ether oxygens (including phenoxy) is 1. The molecule has 4 rings (SSSR count). The number of benzene rings is 2. The van der Waals surface area contributed by atoms with Gasteiger partial charge >= 0.3 is 0 Å². The molecule has 2 aliphatic heterocycles. The van der Waals surface area contributed by atoms with Crippen molar-refractivity contribution in [1.29, 1.82) is 0 Å². The van der Waals surface area contributed by atoms with Crippen molar-refractivity contribution in [2.75, 3.05) is 33.8 Å². The molecule has 3 atom stereocenters. The average molecular weight is 396 g/mol. The normalized spacial score (nSPS) is 24.3. The fourth-order valence-electron chi connectivity index (χ4n) is 4.36. The molecule has 1 N–H and O–H groups in total. The summed E-state index contributed by atoms with van der Waals surface area (Å²) in [5, 5.41) is 5.54. The molecule has 0 bridgehead atoms. The van der Waals surface area contributed by atoms with E-state index in [0.29, 0.717) is 25.5 Å². The highest BCUT2D eigenvalue weighted by atomic mass is 16.5. The molecule has 2 aliphatic rings. The second kappa shape index (κ2) is 8.51. The summed E-state index contributed by atoms with van der Waals surface area (Å²) in [5.74, 6) is 0.151. The van der Waals surface area contributed by atoms with Crippen LogP contribution in [0.5, 0.6) is 0 Å². The molecule has 0 aromatic heterocycles. The zero-order valence-corrected chi connectivity index (χ0v) is 17.1. The van der Waals surface area contributed by atoms with E-state index in [1.54, 1.807) is 19.0 Å². The molecule has 2 aromatic rings. The molecule has 6 nitrogen and oxygen atoms in total. The summed E-state index contributed by atoms with van der Waals surface area (Å²) in [6.07, 6.45) is 1.64. The topological polar surface area (TPSA) is 61.9 Å². The molecular formula is C23H29N3O3. The Morgan fingerprint density at radius 2 is 1.93 bits per heavy atom. The molecule has 6 heteroatoms. The predicted octanol–water partition coefficient (Wildman–Crippen LogP) is 1.82. The number of amides is 2. The third-order valence-corrected chi connectivity index (χ3v) is 5.94. The number of fused-ring (bicyclic) bond motifs is 2. The van der Waals surface area contributed by atoms with Gasteiger partial charge in [-0.1, -0.05) is 42.5 Å². The molecule has 0 spiro atoms. The van der Waals surface area contributed by atoms with Crippen LogP contribution in [0.15, 0.2) is 42.5 Å². The van der Waals surface area contributed by atoms with E-state index in [4.69, 9.17) is 4.74 Å². The maximum absolute atomic E-state index is 12.6. The van der Waals surface area contributed by atoms with Gasteiger partial charge in [0.15, 0.2) is 0 Å². The highest BCUT2D eigenvalue weighted by Gasteiger charge is 2.38. The van der Waals surface area contributed by atoms with Gasteiger partial charge in [0.05, 0.1) is 25.6 Å². The van der Waals surface area contributed by atoms with Gasteiger partial charge < -0.3 is 15.0 Å². The SMILES string of the molecule is CN(C)C(=O)C[C@H]1CN2C[C@H](NC(=O)Cc3ccc4ccccc4c3)C[C@H]2CO1. The van der Waals surface area contributed by atoms with Gasteiger partial charge in [-0.15, -0.1) is 0 Å². The van der Waals surface area contributed by atoms with Crippen molar-refractivity contribution in [2.45, 2.75) is 37.5 Å². The lowest BCUT2D eigenvalue weighted by atomic mass is 10.0. The largest absolute Gasteiger partial charge is 0.375 e. The van der Waals surface area contributed by atoms with Gasteiger partial charge in [-0.05, 0) is 22.8 Å². The number of carbonyl (C=O) groups is 2. The minimum absolute atomic E-state index is 0.0605. The van der Waals surface area contributed by atoms with Gasteiger partial charge in [0.2, 0.25) is 11.8 Å². The summed E-state index contributed by atoms with van der Waals surface area (Å²) in [6.45, 7) is 2.20. The third-order valence-electron chi connectivity index (χ3n) is 5.94. The zero-order valence-electron chi connectivity index (χ0n) is 17.1. The molecule has 0 unspecified atom stereocenters. The van der Waals surface area contributed by atoms with Crippen LogP contribution in [0.1, 0.15) is 18.4 Å². The Morgan fingerprint density at radius 3 is 2.72 bits per heavy atom. The lowest BCUT2D eigenvalue weighted by molar-refractivity contribution is -0.134. The van der Waals surface area contributed by atoms with Crippen LogP contribution >= 0.6 is 0 Å². The molecule has 29 heavy (non-hydrogen) atoms. The van der Waals surface area contributed by atoms with Crippen molar-refractivity contribution >= 4 is 22.6 Å². The minimum Gasteiger partial charge on any atom is -0.375 e. The van der Waals surface area contributed by atoms with Crippen molar-refractivity contribution in [1.82, 2.24) is 15.1 Å². The van der Waals surface area contributed by atoms with Crippen LogP contribution in [0.25, 0.3) is 10.8 Å². The van der Waals surface area contributed by atoms with Crippen LogP contribution in [-0.2, 0) is 20.7 Å². The molecule has 2 fully saturated rings. The van der Waals surface area contributed by atoms with Crippen LogP contribution in [-0.4, -0.2) is 73.6 Å². The van der Waals surface area contributed by atoms with Gasteiger partial charge in [0.1, 0.15) is 0 Å². The second-order valence-electron chi connectivity index (χ2n) is 8.41. The second-order valence-corrected chi connectivity index (χ2v) is 8.41. The first-order chi connectivity index (χ1) is 14.0. The summed E-state index contributed by atoms with van der Waals surface area (Å²) in [6, 6.07) is 14.8. The summed E-state index contributed by atoms with van der Waals surface area (Å²) in [5.41, 5.74) is 1.03. The first-order valence-electron chi connectivity index (χ1n) is 10.3. The standard InChI is InChI=1S/C23H29N3O3/c1-25(2)23(28)12-21-14-26-13-19(11-20(26)15-29-21)24-22(27)10-16-7-8-17-5-3-4-6-18(17)9-16/h3-9,19-21H,10-15H2,1-2H3,(H,24,27)/t19-,20+,21+/m1/s1. The molecule has 2 saturated heterocycles. The van der Waals surface area contributed by atoms with Crippen molar-refractivity contribution in [2.24, 2.45) is 0 Å². The van der Waals surface area contributed by atoms with E-state index in [2.05, 4.69) is 34.5 Å². The van der Waals surface area contributed by atoms with Crippen LogP contribution in [0.2, 0.25) is 0 Å². The summed E-state index contributed by atoms with van der Waals surface area (Å²) in [7, 11) is 3.54. The lowest BCUT2D eigenvalue weighted by Gasteiger charge is -2.35. The molecule has 2 amide bonds. The van der Waals surface area contributed by atoms with Crippen molar-refractivity contribution in [3.05, 3.63) is 48.0 Å². The molecule has 0 aliphatic carbocycles. The monoisotopic (exact) mass is 395 g/mol. The third kappa shape index (κ3) is 4.77. The smallest absolute Gasteiger partial charge is 0.224 e. The number of carbonyl (C=O) groups excluding carboxylic acids is 2. The maximum atomic E-state index is 12.6. The van der Waals surface area contributed by atoms with Gasteiger partial charge in [-0.25, -0.2) is 0 Å². The van der Waals surface area contributed by atoms with Crippen LogP contribution in [0.4, 0.5) is 0 Å². The summed E-state index contributed by atoms with van der Waals surface area (Å²) in [4.78, 5) is 28.5. The number of morpholine rings is 1. The van der Waals surface area contributed by atoms with E-state index in [-0.39, 0.29) is 24.0 Å². The minimum atomic E-state index is -0.0619. The highest BCUT2D eigenvalue weighted by molar-refractivity contribution is 5.85. The fourth-order valence-corrected chi connectivity index (χ4v) is 4.36. The summed E-state index contributed by atoms with van der Waals surface area (Å²) < 4.78 is 5.90.